The van der Waals surface area contributed by atoms with E-state index in [1.807, 2.05) is 6.92 Å². The molecule has 4 heteroatoms. The molecule has 1 aliphatic heterocycles. The Kier molecular flexibility index (Phi) is 3.52. The second-order valence-corrected chi connectivity index (χ2v) is 6.79. The van der Waals surface area contributed by atoms with Gasteiger partial charge in [0.15, 0.2) is 5.13 Å². The minimum Gasteiger partial charge on any atom is -0.323 e. The van der Waals surface area contributed by atoms with Crippen molar-refractivity contribution in [3.8, 4) is 0 Å². The fourth-order valence-electron chi connectivity index (χ4n) is 2.91. The lowest BCUT2D eigenvalue weighted by atomic mass is 9.94. The fraction of sp³-hybridized carbons (Fsp3) is 0.438. The quantitative estimate of drug-likeness (QED) is 0.913. The number of anilines is 2. The summed E-state index contributed by atoms with van der Waals surface area (Å²) in [6, 6.07) is 8.71. The van der Waals surface area contributed by atoms with Crippen molar-refractivity contribution >= 4 is 22.2 Å². The Balaban J connectivity index is 2.04. The van der Waals surface area contributed by atoms with Gasteiger partial charge in [0.1, 0.15) is 0 Å². The van der Waals surface area contributed by atoms with Crippen molar-refractivity contribution in [2.75, 3.05) is 11.4 Å². The van der Waals surface area contributed by atoms with Gasteiger partial charge in [0.2, 0.25) is 0 Å². The van der Waals surface area contributed by atoms with Crippen molar-refractivity contribution in [1.29, 1.82) is 0 Å². The van der Waals surface area contributed by atoms with Crippen LogP contribution >= 0.6 is 11.3 Å². The number of fused-ring (bicyclic) bond motifs is 1. The number of aryl methyl sites for hydroxylation is 1. The van der Waals surface area contributed by atoms with Gasteiger partial charge in [-0.1, -0.05) is 36.5 Å². The number of thiazole rings is 1. The Hall–Kier alpha value is -1.39. The third kappa shape index (κ3) is 2.34. The van der Waals surface area contributed by atoms with Crippen molar-refractivity contribution < 1.29 is 0 Å². The molecule has 1 aromatic carbocycles. The van der Waals surface area contributed by atoms with E-state index in [1.54, 1.807) is 11.3 Å². The van der Waals surface area contributed by atoms with Crippen LogP contribution in [0.25, 0.3) is 0 Å². The Bertz CT molecular complexity index is 618. The first kappa shape index (κ1) is 13.6. The van der Waals surface area contributed by atoms with Crippen LogP contribution in [0.15, 0.2) is 24.3 Å². The van der Waals surface area contributed by atoms with Crippen LogP contribution in [-0.4, -0.2) is 11.5 Å². The van der Waals surface area contributed by atoms with Crippen LogP contribution in [0.1, 0.15) is 36.0 Å². The first-order chi connectivity index (χ1) is 9.56. The molecule has 0 spiro atoms. The lowest BCUT2D eigenvalue weighted by molar-refractivity contribution is 0.562. The number of nitrogens with two attached hydrogens (primary N) is 1. The highest BCUT2D eigenvalue weighted by molar-refractivity contribution is 7.15. The summed E-state index contributed by atoms with van der Waals surface area (Å²) >= 11 is 1.73. The first-order valence-corrected chi connectivity index (χ1v) is 7.96. The topological polar surface area (TPSA) is 42.2 Å². The maximum atomic E-state index is 6.03. The molecule has 2 unspecified atom stereocenters. The molecule has 2 N–H and O–H groups in total. The number of hydrogen-bond acceptors (Lipinski definition) is 4. The summed E-state index contributed by atoms with van der Waals surface area (Å²) in [5, 5.41) is 1.08. The van der Waals surface area contributed by atoms with Gasteiger partial charge in [0.25, 0.3) is 0 Å². The van der Waals surface area contributed by atoms with Crippen LogP contribution in [-0.2, 0) is 6.42 Å². The molecule has 0 amide bonds. The molecular weight excluding hydrogens is 266 g/mol. The van der Waals surface area contributed by atoms with Gasteiger partial charge in [-0.2, -0.15) is 0 Å². The monoisotopic (exact) mass is 287 g/mol. The maximum Gasteiger partial charge on any atom is 0.190 e. The number of para-hydroxylation sites is 1. The zero-order valence-corrected chi connectivity index (χ0v) is 13.1. The van der Waals surface area contributed by atoms with Crippen molar-refractivity contribution in [2.45, 2.75) is 33.2 Å². The van der Waals surface area contributed by atoms with Crippen LogP contribution in [0, 0.1) is 12.8 Å². The summed E-state index contributed by atoms with van der Waals surface area (Å²) in [5.74, 6) is 0.646. The van der Waals surface area contributed by atoms with Crippen LogP contribution in [0.4, 0.5) is 10.8 Å². The number of rotatable bonds is 2. The molecule has 106 valence electrons. The number of nitrogens with zero attached hydrogens (tertiary/aromatic N) is 2. The summed E-state index contributed by atoms with van der Waals surface area (Å²) in [7, 11) is 0. The molecule has 3 nitrogen and oxygen atoms in total. The van der Waals surface area contributed by atoms with E-state index < -0.39 is 0 Å². The second-order valence-electron chi connectivity index (χ2n) is 5.78. The van der Waals surface area contributed by atoms with Gasteiger partial charge in [-0.15, -0.1) is 0 Å². The predicted molar refractivity (Wildman–Crippen MR) is 85.8 cm³/mol. The molecule has 0 saturated heterocycles. The Morgan fingerprint density at radius 2 is 2.15 bits per heavy atom. The molecule has 2 atom stereocenters. The summed E-state index contributed by atoms with van der Waals surface area (Å²) in [6.07, 6.45) is 1.15. The summed E-state index contributed by atoms with van der Waals surface area (Å²) in [6.45, 7) is 7.41. The Morgan fingerprint density at radius 3 is 2.85 bits per heavy atom. The Labute approximate surface area is 124 Å². The van der Waals surface area contributed by atoms with Crippen LogP contribution in [0.5, 0.6) is 0 Å². The molecular formula is C16H21N3S. The summed E-state index contributed by atoms with van der Waals surface area (Å²) < 4.78 is 0. The Morgan fingerprint density at radius 1 is 1.40 bits per heavy atom. The van der Waals surface area contributed by atoms with E-state index in [-0.39, 0.29) is 6.04 Å². The van der Waals surface area contributed by atoms with Crippen molar-refractivity contribution in [2.24, 2.45) is 11.7 Å². The van der Waals surface area contributed by atoms with Crippen molar-refractivity contribution in [3.63, 3.8) is 0 Å². The van der Waals surface area contributed by atoms with E-state index >= 15 is 0 Å². The third-order valence-electron chi connectivity index (χ3n) is 3.81. The zero-order chi connectivity index (χ0) is 14.3. The van der Waals surface area contributed by atoms with E-state index in [9.17, 15) is 0 Å². The van der Waals surface area contributed by atoms with Gasteiger partial charge < -0.3 is 10.6 Å². The van der Waals surface area contributed by atoms with E-state index in [4.69, 9.17) is 10.7 Å². The average molecular weight is 287 g/mol. The smallest absolute Gasteiger partial charge is 0.190 e. The van der Waals surface area contributed by atoms with E-state index in [0.29, 0.717) is 5.92 Å². The van der Waals surface area contributed by atoms with Gasteiger partial charge in [-0.05, 0) is 37.8 Å². The largest absolute Gasteiger partial charge is 0.323 e. The first-order valence-electron chi connectivity index (χ1n) is 7.14. The number of hydrogen-bond donors (Lipinski definition) is 1. The maximum absolute atomic E-state index is 6.03. The van der Waals surface area contributed by atoms with Gasteiger partial charge in [0.05, 0.1) is 5.69 Å². The molecule has 0 aliphatic carbocycles. The molecule has 0 fully saturated rings. The number of aromatic nitrogens is 1. The van der Waals surface area contributed by atoms with Crippen LogP contribution in [0.2, 0.25) is 0 Å². The van der Waals surface area contributed by atoms with Gasteiger partial charge in [0, 0.05) is 23.2 Å². The molecule has 1 aromatic heterocycles. The third-order valence-corrected chi connectivity index (χ3v) is 5.19. The minimum atomic E-state index is 0.0544. The second kappa shape index (κ2) is 5.19. The van der Waals surface area contributed by atoms with Gasteiger partial charge >= 0.3 is 0 Å². The highest BCUT2D eigenvalue weighted by Crippen LogP contribution is 2.39. The summed E-state index contributed by atoms with van der Waals surface area (Å²) in [4.78, 5) is 8.30. The minimum absolute atomic E-state index is 0.0544. The molecule has 20 heavy (non-hydrogen) atoms. The van der Waals surface area contributed by atoms with E-state index in [1.165, 1.54) is 16.1 Å². The van der Waals surface area contributed by atoms with Crippen LogP contribution < -0.4 is 10.6 Å². The van der Waals surface area contributed by atoms with Gasteiger partial charge in [-0.3, -0.25) is 0 Å². The lowest BCUT2D eigenvalue weighted by Gasteiger charge is -2.32. The predicted octanol–water partition coefficient (Wildman–Crippen LogP) is 3.80. The molecule has 0 radical (unpaired) electrons. The molecule has 1 aliphatic rings. The molecule has 0 bridgehead atoms. The SMILES string of the molecule is Cc1nc(N2CC(C)Cc3ccccc32)sc1C(C)N. The lowest BCUT2D eigenvalue weighted by Crippen LogP contribution is -2.30. The number of benzene rings is 1. The summed E-state index contributed by atoms with van der Waals surface area (Å²) in [5.41, 5.74) is 9.82. The average Bonchev–Trinajstić information content (AvgIpc) is 2.80. The van der Waals surface area contributed by atoms with Crippen molar-refractivity contribution in [1.82, 2.24) is 4.98 Å². The standard InChI is InChI=1S/C16H21N3S/c1-10-8-13-6-4-5-7-14(13)19(9-10)16-18-12(3)15(20-16)11(2)17/h4-7,10-11H,8-9,17H2,1-3H3. The normalized spacial score (nSPS) is 19.8. The highest BCUT2D eigenvalue weighted by atomic mass is 32.1. The van der Waals surface area contributed by atoms with Gasteiger partial charge in [-0.25, -0.2) is 4.98 Å². The van der Waals surface area contributed by atoms with E-state index in [0.717, 1.165) is 23.8 Å². The van der Waals surface area contributed by atoms with Crippen LogP contribution in [0.3, 0.4) is 0 Å². The zero-order valence-electron chi connectivity index (χ0n) is 12.3. The highest BCUT2D eigenvalue weighted by Gasteiger charge is 2.25. The fourth-order valence-corrected chi connectivity index (χ4v) is 3.95. The molecule has 2 heterocycles. The van der Waals surface area contributed by atoms with E-state index in [2.05, 4.69) is 43.0 Å². The van der Waals surface area contributed by atoms with Crippen molar-refractivity contribution in [3.05, 3.63) is 40.4 Å². The molecule has 3 rings (SSSR count). The molecule has 0 saturated carbocycles. The molecule has 2 aromatic rings.